The van der Waals surface area contributed by atoms with Crippen LogP contribution in [0, 0.1) is 5.92 Å². The van der Waals surface area contributed by atoms with E-state index in [0.29, 0.717) is 18.4 Å². The summed E-state index contributed by atoms with van der Waals surface area (Å²) >= 11 is 0. The summed E-state index contributed by atoms with van der Waals surface area (Å²) in [5.74, 6) is 1.06. The van der Waals surface area contributed by atoms with E-state index in [2.05, 4.69) is 10.00 Å². The summed E-state index contributed by atoms with van der Waals surface area (Å²) in [6, 6.07) is 10.6. The fourth-order valence-electron chi connectivity index (χ4n) is 4.18. The topological polar surface area (TPSA) is 38.1 Å². The van der Waals surface area contributed by atoms with Crippen molar-refractivity contribution in [3.63, 3.8) is 0 Å². The normalized spacial score (nSPS) is 23.7. The van der Waals surface area contributed by atoms with Gasteiger partial charge < -0.3 is 4.90 Å². The maximum absolute atomic E-state index is 12.7. The number of hydrogen-bond acceptors (Lipinski definition) is 2. The molecule has 2 aliphatic rings. The van der Waals surface area contributed by atoms with Crippen molar-refractivity contribution in [2.24, 2.45) is 5.92 Å². The third-order valence-electron chi connectivity index (χ3n) is 5.39. The smallest absolute Gasteiger partial charge is 0.227 e. The van der Waals surface area contributed by atoms with Crippen LogP contribution >= 0.6 is 0 Å². The largest absolute Gasteiger partial charge is 0.339 e. The van der Waals surface area contributed by atoms with Gasteiger partial charge in [-0.1, -0.05) is 25.0 Å². The molecule has 2 fully saturated rings. The molecule has 2 aromatic rings. The molecule has 1 aromatic heterocycles. The molecule has 23 heavy (non-hydrogen) atoms. The quantitative estimate of drug-likeness (QED) is 0.873. The predicted molar refractivity (Wildman–Crippen MR) is 89.3 cm³/mol. The first-order valence-corrected chi connectivity index (χ1v) is 8.70. The van der Waals surface area contributed by atoms with Gasteiger partial charge in [-0.2, -0.15) is 5.10 Å². The van der Waals surface area contributed by atoms with E-state index >= 15 is 0 Å². The summed E-state index contributed by atoms with van der Waals surface area (Å²) in [5.41, 5.74) is 2.12. The van der Waals surface area contributed by atoms with E-state index in [1.165, 1.54) is 32.1 Å². The Morgan fingerprint density at radius 2 is 1.96 bits per heavy atom. The third-order valence-corrected chi connectivity index (χ3v) is 5.39. The minimum Gasteiger partial charge on any atom is -0.339 e. The molecule has 2 atom stereocenters. The Bertz CT molecular complexity index is 662. The Kier molecular flexibility index (Phi) is 3.90. The lowest BCUT2D eigenvalue weighted by molar-refractivity contribution is -0.132. The number of nitrogens with zero attached hydrogens (tertiary/aromatic N) is 3. The molecule has 1 aliphatic heterocycles. The van der Waals surface area contributed by atoms with E-state index in [-0.39, 0.29) is 0 Å². The molecule has 120 valence electrons. The number of benzene rings is 1. The van der Waals surface area contributed by atoms with Crippen LogP contribution < -0.4 is 0 Å². The lowest BCUT2D eigenvalue weighted by Gasteiger charge is -2.31. The summed E-state index contributed by atoms with van der Waals surface area (Å²) in [6.45, 7) is 0.958. The van der Waals surface area contributed by atoms with Crippen LogP contribution in [-0.4, -0.2) is 33.2 Å². The molecule has 0 bridgehead atoms. The predicted octanol–water partition coefficient (Wildman–Crippen LogP) is 3.21. The number of rotatable bonds is 3. The van der Waals surface area contributed by atoms with Crippen molar-refractivity contribution in [2.45, 2.75) is 44.6 Å². The first-order valence-electron chi connectivity index (χ1n) is 8.70. The number of carbonyl (C=O) groups excluding carboxylic acids is 1. The van der Waals surface area contributed by atoms with Crippen molar-refractivity contribution in [3.05, 3.63) is 48.3 Å². The standard InChI is InChI=1S/C19H23N3O/c23-19(21-13-10-16-4-1-2-5-18(16)21)14-15-6-8-17(9-7-15)22-12-3-11-20-22/h3,6-9,11-12,16,18H,1-2,4-5,10,13-14H2. The fraction of sp³-hybridized carbons (Fsp3) is 0.474. The molecule has 1 aromatic carbocycles. The zero-order chi connectivity index (χ0) is 15.6. The molecule has 1 aliphatic carbocycles. The van der Waals surface area contributed by atoms with Gasteiger partial charge in [0.15, 0.2) is 0 Å². The van der Waals surface area contributed by atoms with Gasteiger partial charge in [0, 0.05) is 25.0 Å². The molecule has 1 amide bonds. The SMILES string of the molecule is O=C(Cc1ccc(-n2cccn2)cc1)N1CCC2CCCCC21. The van der Waals surface area contributed by atoms with E-state index in [1.54, 1.807) is 6.20 Å². The lowest BCUT2D eigenvalue weighted by Crippen LogP contribution is -2.40. The highest BCUT2D eigenvalue weighted by Crippen LogP contribution is 2.36. The summed E-state index contributed by atoms with van der Waals surface area (Å²) in [4.78, 5) is 14.8. The van der Waals surface area contributed by atoms with Crippen molar-refractivity contribution in [2.75, 3.05) is 6.54 Å². The number of hydrogen-bond donors (Lipinski definition) is 0. The maximum atomic E-state index is 12.7. The monoisotopic (exact) mass is 309 g/mol. The van der Waals surface area contributed by atoms with Crippen LogP contribution in [-0.2, 0) is 11.2 Å². The molecule has 0 N–H and O–H groups in total. The molecular weight excluding hydrogens is 286 g/mol. The van der Waals surface area contributed by atoms with Gasteiger partial charge in [0.2, 0.25) is 5.91 Å². The highest BCUT2D eigenvalue weighted by molar-refractivity contribution is 5.79. The molecule has 0 radical (unpaired) electrons. The highest BCUT2D eigenvalue weighted by atomic mass is 16.2. The Balaban J connectivity index is 1.42. The van der Waals surface area contributed by atoms with Crippen LogP contribution in [0.5, 0.6) is 0 Å². The Labute approximate surface area is 137 Å². The van der Waals surface area contributed by atoms with Gasteiger partial charge in [-0.3, -0.25) is 4.79 Å². The van der Waals surface area contributed by atoms with Crippen LogP contribution in [0.3, 0.4) is 0 Å². The van der Waals surface area contributed by atoms with Crippen molar-refractivity contribution >= 4 is 5.91 Å². The first-order chi connectivity index (χ1) is 11.3. The average molecular weight is 309 g/mol. The lowest BCUT2D eigenvalue weighted by atomic mass is 9.85. The highest BCUT2D eigenvalue weighted by Gasteiger charge is 2.37. The molecule has 0 spiro atoms. The molecule has 1 saturated heterocycles. The van der Waals surface area contributed by atoms with Crippen LogP contribution in [0.4, 0.5) is 0 Å². The summed E-state index contributed by atoms with van der Waals surface area (Å²) in [6.07, 6.45) is 10.6. The Morgan fingerprint density at radius 3 is 2.74 bits per heavy atom. The molecule has 2 unspecified atom stereocenters. The van der Waals surface area contributed by atoms with Gasteiger partial charge >= 0.3 is 0 Å². The number of amides is 1. The second-order valence-corrected chi connectivity index (χ2v) is 6.78. The zero-order valence-corrected chi connectivity index (χ0v) is 13.4. The molecule has 4 heteroatoms. The third kappa shape index (κ3) is 2.90. The second-order valence-electron chi connectivity index (χ2n) is 6.78. The molecule has 1 saturated carbocycles. The molecule has 4 nitrogen and oxygen atoms in total. The van der Waals surface area contributed by atoms with Gasteiger partial charge in [0.1, 0.15) is 0 Å². The van der Waals surface area contributed by atoms with E-state index in [1.807, 2.05) is 41.2 Å². The van der Waals surface area contributed by atoms with E-state index in [9.17, 15) is 4.79 Å². The maximum Gasteiger partial charge on any atom is 0.227 e. The molecule has 2 heterocycles. The summed E-state index contributed by atoms with van der Waals surface area (Å²) in [7, 11) is 0. The number of aromatic nitrogens is 2. The van der Waals surface area contributed by atoms with E-state index < -0.39 is 0 Å². The van der Waals surface area contributed by atoms with Crippen LogP contribution in [0.1, 0.15) is 37.7 Å². The molecule has 4 rings (SSSR count). The summed E-state index contributed by atoms with van der Waals surface area (Å²) < 4.78 is 1.83. The van der Waals surface area contributed by atoms with Gasteiger partial charge in [-0.25, -0.2) is 4.68 Å². The minimum atomic E-state index is 0.297. The van der Waals surface area contributed by atoms with Gasteiger partial charge in [0.05, 0.1) is 12.1 Å². The number of fused-ring (bicyclic) bond motifs is 1. The van der Waals surface area contributed by atoms with Crippen molar-refractivity contribution < 1.29 is 4.79 Å². The van der Waals surface area contributed by atoms with Crippen LogP contribution in [0.25, 0.3) is 5.69 Å². The average Bonchev–Trinajstić information content (AvgIpc) is 3.25. The van der Waals surface area contributed by atoms with Crippen molar-refractivity contribution in [1.82, 2.24) is 14.7 Å². The van der Waals surface area contributed by atoms with Crippen LogP contribution in [0.15, 0.2) is 42.7 Å². The molecular formula is C19H23N3O. The van der Waals surface area contributed by atoms with E-state index in [0.717, 1.165) is 23.7 Å². The Morgan fingerprint density at radius 1 is 1.13 bits per heavy atom. The van der Waals surface area contributed by atoms with Gasteiger partial charge in [0.25, 0.3) is 0 Å². The summed E-state index contributed by atoms with van der Waals surface area (Å²) in [5, 5.41) is 4.23. The minimum absolute atomic E-state index is 0.297. The van der Waals surface area contributed by atoms with E-state index in [4.69, 9.17) is 0 Å². The van der Waals surface area contributed by atoms with Gasteiger partial charge in [-0.15, -0.1) is 0 Å². The Hall–Kier alpha value is -2.10. The first kappa shape index (κ1) is 14.5. The number of likely N-dealkylation sites (tertiary alicyclic amines) is 1. The van der Waals surface area contributed by atoms with Crippen molar-refractivity contribution in [1.29, 1.82) is 0 Å². The second kappa shape index (κ2) is 6.19. The zero-order valence-electron chi connectivity index (χ0n) is 13.4. The fourth-order valence-corrected chi connectivity index (χ4v) is 4.18. The van der Waals surface area contributed by atoms with Crippen molar-refractivity contribution in [3.8, 4) is 5.69 Å². The van der Waals surface area contributed by atoms with Crippen LogP contribution in [0.2, 0.25) is 0 Å². The number of carbonyl (C=O) groups is 1. The van der Waals surface area contributed by atoms with Gasteiger partial charge in [-0.05, 0) is 48.9 Å².